The van der Waals surface area contributed by atoms with Gasteiger partial charge in [-0.05, 0) is 55.0 Å². The summed E-state index contributed by atoms with van der Waals surface area (Å²) < 4.78 is 28.3. The number of pyridine rings is 1. The summed E-state index contributed by atoms with van der Waals surface area (Å²) in [7, 11) is 1.41. The Morgan fingerprint density at radius 3 is 2.60 bits per heavy atom. The van der Waals surface area contributed by atoms with Gasteiger partial charge in [-0.1, -0.05) is 6.07 Å². The number of amides is 2. The van der Waals surface area contributed by atoms with E-state index in [2.05, 4.69) is 0 Å². The Morgan fingerprint density at radius 1 is 1.18 bits per heavy atom. The van der Waals surface area contributed by atoms with Gasteiger partial charge in [0.05, 0.1) is 24.6 Å². The Kier molecular flexibility index (Phi) is 6.12. The number of nitrogens with two attached hydrogens (primary N) is 1. The molecule has 3 heterocycles. The number of rotatable bonds is 6. The topological polar surface area (TPSA) is 144 Å². The summed E-state index contributed by atoms with van der Waals surface area (Å²) in [6.07, 6.45) is 2.64. The van der Waals surface area contributed by atoms with Crippen molar-refractivity contribution in [2.75, 3.05) is 30.0 Å². The number of carbonyl (C=O) groups excluding carboxylic acids is 2. The van der Waals surface area contributed by atoms with Crippen LogP contribution in [0.25, 0.3) is 10.9 Å². The highest BCUT2D eigenvalue weighted by Gasteiger charge is 2.36. The Labute approximate surface area is 227 Å². The fraction of sp³-hybridized carbons (Fsp3) is 0.357. The summed E-state index contributed by atoms with van der Waals surface area (Å²) in [5, 5.41) is 9.54. The summed E-state index contributed by atoms with van der Waals surface area (Å²) in [4.78, 5) is 51.8. The van der Waals surface area contributed by atoms with Crippen molar-refractivity contribution in [2.45, 2.75) is 44.4 Å². The minimum atomic E-state index is -1.36. The molecule has 12 heteroatoms. The second kappa shape index (κ2) is 9.54. The van der Waals surface area contributed by atoms with Crippen molar-refractivity contribution in [3.63, 3.8) is 0 Å². The molecular weight excluding hydrogens is 523 g/mol. The van der Waals surface area contributed by atoms with Gasteiger partial charge in [0.25, 0.3) is 5.91 Å². The highest BCUT2D eigenvalue weighted by Crippen LogP contribution is 2.44. The molecule has 0 unspecified atom stereocenters. The van der Waals surface area contributed by atoms with E-state index < -0.39 is 40.9 Å². The number of cyclic esters (lactones) is 1. The Hall–Kier alpha value is -4.61. The maximum atomic E-state index is 15.8. The second-order valence-corrected chi connectivity index (χ2v) is 10.3. The Balaban J connectivity index is 1.40. The molecule has 2 amide bonds. The summed E-state index contributed by atoms with van der Waals surface area (Å²) in [5.74, 6) is -2.56. The predicted octanol–water partition coefficient (Wildman–Crippen LogP) is 2.95. The van der Waals surface area contributed by atoms with Crippen molar-refractivity contribution in [2.24, 2.45) is 5.73 Å². The highest BCUT2D eigenvalue weighted by molar-refractivity contribution is 5.97. The van der Waals surface area contributed by atoms with Gasteiger partial charge in [0.1, 0.15) is 11.3 Å². The van der Waals surface area contributed by atoms with Crippen LogP contribution in [0.1, 0.15) is 46.8 Å². The highest BCUT2D eigenvalue weighted by atomic mass is 19.1. The van der Waals surface area contributed by atoms with Crippen molar-refractivity contribution in [3.8, 4) is 5.75 Å². The van der Waals surface area contributed by atoms with Crippen molar-refractivity contribution < 1.29 is 33.4 Å². The van der Waals surface area contributed by atoms with Crippen LogP contribution in [0.5, 0.6) is 5.75 Å². The average molecular weight is 551 g/mol. The van der Waals surface area contributed by atoms with Gasteiger partial charge in [-0.15, -0.1) is 0 Å². The number of benzene rings is 2. The van der Waals surface area contributed by atoms with Gasteiger partial charge in [0.15, 0.2) is 17.7 Å². The number of carboxylic acids is 1. The molecule has 11 nitrogen and oxygen atoms in total. The van der Waals surface area contributed by atoms with E-state index in [0.717, 1.165) is 30.0 Å². The van der Waals surface area contributed by atoms with Crippen molar-refractivity contribution in [1.82, 2.24) is 4.57 Å². The van der Waals surface area contributed by atoms with E-state index in [0.29, 0.717) is 37.1 Å². The number of aromatic nitrogens is 1. The molecule has 208 valence electrons. The number of carboxylic acid groups (broad SMARTS) is 1. The second-order valence-electron chi connectivity index (χ2n) is 10.3. The third kappa shape index (κ3) is 4.19. The average Bonchev–Trinajstić information content (AvgIpc) is 3.71. The summed E-state index contributed by atoms with van der Waals surface area (Å²) in [6.45, 7) is 0.855. The van der Waals surface area contributed by atoms with Crippen LogP contribution in [-0.2, 0) is 22.5 Å². The van der Waals surface area contributed by atoms with Gasteiger partial charge in [-0.25, -0.2) is 14.0 Å². The third-order valence-corrected chi connectivity index (χ3v) is 7.76. The molecule has 1 aliphatic carbocycles. The quantitative estimate of drug-likeness (QED) is 0.477. The van der Waals surface area contributed by atoms with Crippen LogP contribution in [0, 0.1) is 5.82 Å². The minimum Gasteiger partial charge on any atom is -0.492 e. The number of ether oxygens (including phenoxy) is 2. The number of hydrogen-bond donors (Lipinski definition) is 2. The Bertz CT molecular complexity index is 1650. The molecule has 0 bridgehead atoms. The SMILES string of the molecule is COc1c(N2CCCc3cc(N4C[C@H](C(N)=O)OC4=O)ccc3C2)c(F)cc2c(=O)c(C(=O)O)cn(C3CC3)c12. The number of carbonyl (C=O) groups is 3. The lowest BCUT2D eigenvalue weighted by atomic mass is 10.0. The van der Waals surface area contributed by atoms with E-state index in [1.54, 1.807) is 10.6 Å². The van der Waals surface area contributed by atoms with Gasteiger partial charge in [-0.3, -0.25) is 14.5 Å². The number of anilines is 2. The van der Waals surface area contributed by atoms with Crippen LogP contribution in [0.4, 0.5) is 20.6 Å². The zero-order chi connectivity index (χ0) is 28.3. The molecule has 2 aromatic carbocycles. The predicted molar refractivity (Wildman–Crippen MR) is 143 cm³/mol. The van der Waals surface area contributed by atoms with Gasteiger partial charge in [0.2, 0.25) is 5.43 Å². The maximum absolute atomic E-state index is 15.8. The number of aromatic carboxylic acids is 1. The fourth-order valence-electron chi connectivity index (χ4n) is 5.65. The van der Waals surface area contributed by atoms with Crippen molar-refractivity contribution >= 4 is 40.2 Å². The molecule has 40 heavy (non-hydrogen) atoms. The van der Waals surface area contributed by atoms with Crippen LogP contribution in [0.15, 0.2) is 35.3 Å². The molecule has 1 saturated heterocycles. The van der Waals surface area contributed by atoms with Crippen molar-refractivity contribution in [3.05, 3.63) is 63.2 Å². The first-order chi connectivity index (χ1) is 19.2. The van der Waals surface area contributed by atoms with Crippen LogP contribution in [-0.4, -0.2) is 53.9 Å². The summed E-state index contributed by atoms with van der Waals surface area (Å²) >= 11 is 0. The Morgan fingerprint density at radius 2 is 1.95 bits per heavy atom. The lowest BCUT2D eigenvalue weighted by Crippen LogP contribution is -2.32. The van der Waals surface area contributed by atoms with Crippen LogP contribution in [0.2, 0.25) is 0 Å². The first-order valence-electron chi connectivity index (χ1n) is 13.0. The number of halogens is 1. The molecule has 1 atom stereocenters. The number of primary amides is 1. The molecule has 1 aromatic heterocycles. The van der Waals surface area contributed by atoms with Crippen LogP contribution in [0.3, 0.4) is 0 Å². The first kappa shape index (κ1) is 25.7. The van der Waals surface area contributed by atoms with Crippen LogP contribution >= 0.6 is 0 Å². The molecule has 3 aromatic rings. The van der Waals surface area contributed by atoms with Gasteiger partial charge >= 0.3 is 12.1 Å². The van der Waals surface area contributed by atoms with Crippen molar-refractivity contribution in [1.29, 1.82) is 0 Å². The number of methoxy groups -OCH3 is 1. The summed E-state index contributed by atoms with van der Waals surface area (Å²) in [5.41, 5.74) is 7.19. The molecule has 0 radical (unpaired) electrons. The zero-order valence-corrected chi connectivity index (χ0v) is 21.7. The lowest BCUT2D eigenvalue weighted by Gasteiger charge is -2.27. The molecule has 3 N–H and O–H groups in total. The van der Waals surface area contributed by atoms with E-state index in [1.165, 1.54) is 18.2 Å². The van der Waals surface area contributed by atoms with Gasteiger partial charge in [0, 0.05) is 31.0 Å². The summed E-state index contributed by atoms with van der Waals surface area (Å²) in [6, 6.07) is 6.60. The van der Waals surface area contributed by atoms with Gasteiger partial charge in [-0.2, -0.15) is 0 Å². The zero-order valence-electron chi connectivity index (χ0n) is 21.7. The number of nitrogens with zero attached hydrogens (tertiary/aromatic N) is 3. The molecule has 6 rings (SSSR count). The largest absolute Gasteiger partial charge is 0.492 e. The van der Waals surface area contributed by atoms with E-state index in [-0.39, 0.29) is 29.4 Å². The molecule has 3 aliphatic rings. The van der Waals surface area contributed by atoms with Crippen LogP contribution < -0.4 is 25.7 Å². The standard InChI is InChI=1S/C28H27FN4O7/c1-39-25-22-18(24(34)19(27(36)37)12-32(22)16-6-7-16)10-20(29)23(25)31-8-2-3-14-9-17(5-4-15(14)11-31)33-13-21(26(30)35)40-28(33)38/h4-5,9-10,12,16,21H,2-3,6-8,11,13H2,1H3,(H2,30,35)(H,36,37)/t21-/m1/s1. The smallest absolute Gasteiger partial charge is 0.415 e. The molecule has 0 spiro atoms. The minimum absolute atomic E-state index is 0.00290. The molecule has 2 fully saturated rings. The monoisotopic (exact) mass is 550 g/mol. The number of hydrogen-bond acceptors (Lipinski definition) is 7. The number of aryl methyl sites for hydroxylation is 1. The number of fused-ring (bicyclic) bond motifs is 2. The van der Waals surface area contributed by atoms with Gasteiger partial charge < -0.3 is 29.8 Å². The lowest BCUT2D eigenvalue weighted by molar-refractivity contribution is -0.124. The first-order valence-corrected chi connectivity index (χ1v) is 13.0. The normalized spacial score (nSPS) is 18.9. The third-order valence-electron chi connectivity index (χ3n) is 7.76. The van der Waals surface area contributed by atoms with E-state index >= 15 is 4.39 Å². The molecule has 2 aliphatic heterocycles. The maximum Gasteiger partial charge on any atom is 0.415 e. The fourth-order valence-corrected chi connectivity index (χ4v) is 5.65. The van der Waals surface area contributed by atoms with E-state index in [9.17, 15) is 24.3 Å². The molecular formula is C28H27FN4O7. The van der Waals surface area contributed by atoms with E-state index in [4.69, 9.17) is 15.2 Å². The molecule has 1 saturated carbocycles. The van der Waals surface area contributed by atoms with E-state index in [1.807, 2.05) is 17.0 Å².